The molecule has 1 fully saturated rings. The van der Waals surface area contributed by atoms with Gasteiger partial charge in [0, 0.05) is 56.0 Å². The highest BCUT2D eigenvalue weighted by atomic mass is 32.2. The van der Waals surface area contributed by atoms with Crippen molar-refractivity contribution in [2.24, 2.45) is 0 Å². The van der Waals surface area contributed by atoms with Gasteiger partial charge in [0.1, 0.15) is 0 Å². The Bertz CT molecular complexity index is 1160. The molecular formula is C27H28N4O2S. The Kier molecular flexibility index (Phi) is 6.92. The van der Waals surface area contributed by atoms with Gasteiger partial charge < -0.3 is 9.80 Å². The van der Waals surface area contributed by atoms with Gasteiger partial charge in [0.15, 0.2) is 0 Å². The van der Waals surface area contributed by atoms with E-state index in [1.165, 1.54) is 17.3 Å². The van der Waals surface area contributed by atoms with Crippen molar-refractivity contribution in [2.75, 3.05) is 43.4 Å². The molecule has 5 rings (SSSR count). The fourth-order valence-electron chi connectivity index (χ4n) is 4.58. The number of anilines is 1. The summed E-state index contributed by atoms with van der Waals surface area (Å²) in [6, 6.07) is 21.7. The Morgan fingerprint density at radius 2 is 1.62 bits per heavy atom. The number of fused-ring (bicyclic) bond motifs is 1. The standard InChI is InChI=1S/C27H28N4O2S/c32-26(31-14-12-21-7-1-3-10-24(21)31)20-34-25-11-4-2-9-23(25)27(33)30-17-15-29(16-18-30)19-22-8-5-6-13-28-22/h1-11,13H,12,14-20H2. The second kappa shape index (κ2) is 10.4. The molecule has 0 unspecified atom stereocenters. The number of carbonyl (C=O) groups is 2. The lowest BCUT2D eigenvalue weighted by Gasteiger charge is -2.34. The first-order valence-electron chi connectivity index (χ1n) is 11.7. The van der Waals surface area contributed by atoms with E-state index in [9.17, 15) is 9.59 Å². The third kappa shape index (κ3) is 5.00. The Morgan fingerprint density at radius 3 is 2.44 bits per heavy atom. The molecule has 3 heterocycles. The average Bonchev–Trinajstić information content (AvgIpc) is 3.32. The molecule has 1 saturated heterocycles. The van der Waals surface area contributed by atoms with Gasteiger partial charge in [-0.1, -0.05) is 36.4 Å². The number of piperazine rings is 1. The Balaban J connectivity index is 1.19. The molecule has 2 aliphatic rings. The zero-order valence-electron chi connectivity index (χ0n) is 19.1. The van der Waals surface area contributed by atoms with Crippen molar-refractivity contribution in [1.82, 2.24) is 14.8 Å². The topological polar surface area (TPSA) is 56.8 Å². The number of para-hydroxylation sites is 1. The summed E-state index contributed by atoms with van der Waals surface area (Å²) in [5, 5.41) is 0. The maximum atomic E-state index is 13.3. The fourth-order valence-corrected chi connectivity index (χ4v) is 5.50. The monoisotopic (exact) mass is 472 g/mol. The molecule has 0 N–H and O–H groups in total. The van der Waals surface area contributed by atoms with Crippen molar-refractivity contribution in [3.63, 3.8) is 0 Å². The number of amides is 2. The summed E-state index contributed by atoms with van der Waals surface area (Å²) in [4.78, 5) is 37.7. The van der Waals surface area contributed by atoms with Crippen LogP contribution in [0.1, 0.15) is 21.6 Å². The first kappa shape index (κ1) is 22.6. The highest BCUT2D eigenvalue weighted by Crippen LogP contribution is 2.30. The Morgan fingerprint density at radius 1 is 0.853 bits per heavy atom. The van der Waals surface area contributed by atoms with Crippen LogP contribution in [0.4, 0.5) is 5.69 Å². The van der Waals surface area contributed by atoms with Crippen molar-refractivity contribution in [1.29, 1.82) is 0 Å². The Labute approximate surface area is 204 Å². The van der Waals surface area contributed by atoms with E-state index < -0.39 is 0 Å². The van der Waals surface area contributed by atoms with Gasteiger partial charge >= 0.3 is 0 Å². The van der Waals surface area contributed by atoms with E-state index in [0.717, 1.165) is 48.9 Å². The van der Waals surface area contributed by atoms with Crippen LogP contribution in [0.5, 0.6) is 0 Å². The number of thioether (sulfide) groups is 1. The molecule has 0 saturated carbocycles. The van der Waals surface area contributed by atoms with Crippen LogP contribution in [0.15, 0.2) is 77.8 Å². The third-order valence-corrected chi connectivity index (χ3v) is 7.49. The number of pyridine rings is 1. The minimum absolute atomic E-state index is 0.0413. The van der Waals surface area contributed by atoms with Crippen LogP contribution in [0.25, 0.3) is 0 Å². The minimum atomic E-state index is 0.0413. The summed E-state index contributed by atoms with van der Waals surface area (Å²) in [7, 11) is 0. The molecule has 2 aliphatic heterocycles. The van der Waals surface area contributed by atoms with Gasteiger partial charge in [-0.2, -0.15) is 0 Å². The largest absolute Gasteiger partial charge is 0.336 e. The molecule has 6 nitrogen and oxygen atoms in total. The number of carbonyl (C=O) groups excluding carboxylic acids is 2. The molecule has 1 aromatic heterocycles. The number of hydrogen-bond donors (Lipinski definition) is 0. The predicted molar refractivity (Wildman–Crippen MR) is 135 cm³/mol. The lowest BCUT2D eigenvalue weighted by Crippen LogP contribution is -2.48. The highest BCUT2D eigenvalue weighted by Gasteiger charge is 2.26. The highest BCUT2D eigenvalue weighted by molar-refractivity contribution is 8.00. The molecule has 2 aromatic carbocycles. The van der Waals surface area contributed by atoms with Crippen LogP contribution in [0.2, 0.25) is 0 Å². The maximum absolute atomic E-state index is 13.3. The van der Waals surface area contributed by atoms with Crippen molar-refractivity contribution in [3.05, 3.63) is 89.7 Å². The molecule has 0 atom stereocenters. The van der Waals surface area contributed by atoms with Crippen LogP contribution in [-0.4, -0.2) is 65.1 Å². The summed E-state index contributed by atoms with van der Waals surface area (Å²) in [6.45, 7) is 4.55. The van der Waals surface area contributed by atoms with Crippen molar-refractivity contribution >= 4 is 29.3 Å². The van der Waals surface area contributed by atoms with E-state index in [0.29, 0.717) is 24.4 Å². The summed E-state index contributed by atoms with van der Waals surface area (Å²) >= 11 is 1.45. The van der Waals surface area contributed by atoms with E-state index in [4.69, 9.17) is 0 Å². The van der Waals surface area contributed by atoms with E-state index in [1.807, 2.05) is 76.7 Å². The lowest BCUT2D eigenvalue weighted by atomic mass is 10.1. The van der Waals surface area contributed by atoms with Crippen LogP contribution >= 0.6 is 11.8 Å². The summed E-state index contributed by atoms with van der Waals surface area (Å²) in [5.74, 6) is 0.441. The van der Waals surface area contributed by atoms with Gasteiger partial charge in [0.2, 0.25) is 5.91 Å². The zero-order valence-corrected chi connectivity index (χ0v) is 19.9. The normalized spacial score (nSPS) is 15.9. The molecule has 174 valence electrons. The molecule has 2 amide bonds. The summed E-state index contributed by atoms with van der Waals surface area (Å²) in [5.41, 5.74) is 3.97. The van der Waals surface area contributed by atoms with Crippen LogP contribution < -0.4 is 4.90 Å². The summed E-state index contributed by atoms with van der Waals surface area (Å²) in [6.07, 6.45) is 2.71. The molecule has 0 aliphatic carbocycles. The number of rotatable bonds is 6. The minimum Gasteiger partial charge on any atom is -0.336 e. The molecular weight excluding hydrogens is 444 g/mol. The second-order valence-corrected chi connectivity index (χ2v) is 9.62. The number of aromatic nitrogens is 1. The van der Waals surface area contributed by atoms with E-state index in [-0.39, 0.29) is 11.8 Å². The number of benzene rings is 2. The lowest BCUT2D eigenvalue weighted by molar-refractivity contribution is -0.116. The molecule has 0 spiro atoms. The van der Waals surface area contributed by atoms with Crippen molar-refractivity contribution in [3.8, 4) is 0 Å². The molecule has 3 aromatic rings. The summed E-state index contributed by atoms with van der Waals surface area (Å²) < 4.78 is 0. The number of nitrogens with zero attached hydrogens (tertiary/aromatic N) is 4. The van der Waals surface area contributed by atoms with E-state index >= 15 is 0 Å². The van der Waals surface area contributed by atoms with E-state index in [2.05, 4.69) is 16.0 Å². The first-order chi connectivity index (χ1) is 16.7. The maximum Gasteiger partial charge on any atom is 0.255 e. The van der Waals surface area contributed by atoms with Gasteiger partial charge in [-0.15, -0.1) is 11.8 Å². The molecule has 0 radical (unpaired) electrons. The van der Waals surface area contributed by atoms with Gasteiger partial charge in [0.25, 0.3) is 5.91 Å². The van der Waals surface area contributed by atoms with Crippen LogP contribution in [0, 0.1) is 0 Å². The zero-order chi connectivity index (χ0) is 23.3. The fraction of sp³-hybridized carbons (Fsp3) is 0.296. The molecule has 7 heteroatoms. The van der Waals surface area contributed by atoms with Crippen LogP contribution in [0.3, 0.4) is 0 Å². The quantitative estimate of drug-likeness (QED) is 0.512. The smallest absolute Gasteiger partial charge is 0.255 e. The van der Waals surface area contributed by atoms with Gasteiger partial charge in [-0.25, -0.2) is 0 Å². The molecule has 0 bridgehead atoms. The van der Waals surface area contributed by atoms with E-state index in [1.54, 1.807) is 0 Å². The SMILES string of the molecule is O=C(c1ccccc1SCC(=O)N1CCc2ccccc21)N1CCN(Cc2ccccn2)CC1. The van der Waals surface area contributed by atoms with Gasteiger partial charge in [-0.05, 0) is 42.3 Å². The Hall–Kier alpha value is -3.16. The number of hydrogen-bond acceptors (Lipinski definition) is 5. The van der Waals surface area contributed by atoms with Crippen molar-refractivity contribution < 1.29 is 9.59 Å². The van der Waals surface area contributed by atoms with Gasteiger partial charge in [0.05, 0.1) is 17.0 Å². The molecule has 34 heavy (non-hydrogen) atoms. The predicted octanol–water partition coefficient (Wildman–Crippen LogP) is 3.72. The van der Waals surface area contributed by atoms with Crippen LogP contribution in [-0.2, 0) is 17.8 Å². The average molecular weight is 473 g/mol. The second-order valence-electron chi connectivity index (χ2n) is 8.60. The van der Waals surface area contributed by atoms with Crippen molar-refractivity contribution in [2.45, 2.75) is 17.9 Å². The van der Waals surface area contributed by atoms with Gasteiger partial charge in [-0.3, -0.25) is 19.5 Å². The first-order valence-corrected chi connectivity index (χ1v) is 12.7. The third-order valence-electron chi connectivity index (χ3n) is 6.43.